The summed E-state index contributed by atoms with van der Waals surface area (Å²) in [6.07, 6.45) is 0. The molecule has 1 N–H and O–H groups in total. The van der Waals surface area contributed by atoms with Crippen LogP contribution in [0.25, 0.3) is 26.8 Å². The van der Waals surface area contributed by atoms with Crippen molar-refractivity contribution in [2.24, 2.45) is 0 Å². The number of benzene rings is 3. The van der Waals surface area contributed by atoms with Crippen molar-refractivity contribution in [1.29, 1.82) is 0 Å². The van der Waals surface area contributed by atoms with Crippen molar-refractivity contribution in [2.45, 2.75) is 0 Å². The molecule has 32 heavy (non-hydrogen) atoms. The number of hydrogen-bond donors (Lipinski definition) is 1. The van der Waals surface area contributed by atoms with Crippen molar-refractivity contribution in [3.8, 4) is 11.4 Å². The molecule has 0 aliphatic heterocycles. The number of rotatable bonds is 4. The van der Waals surface area contributed by atoms with E-state index >= 15 is 0 Å². The maximum Gasteiger partial charge on any atom is 0.267 e. The Morgan fingerprint density at radius 2 is 1.81 bits per heavy atom. The number of carbonyl (C=O) groups excluding carboxylic acids is 1. The molecule has 0 aliphatic rings. The molecule has 6 nitrogen and oxygen atoms in total. The van der Waals surface area contributed by atoms with Crippen LogP contribution in [0.15, 0.2) is 54.6 Å². The number of anilines is 1. The highest BCUT2D eigenvalue weighted by Gasteiger charge is 2.18. The highest BCUT2D eigenvalue weighted by Crippen LogP contribution is 2.37. The summed E-state index contributed by atoms with van der Waals surface area (Å²) in [4.78, 5) is 14.8. The second-order valence-corrected chi connectivity index (χ2v) is 9.13. The maximum absolute atomic E-state index is 12.9. The largest absolute Gasteiger partial charge is 0.495 e. The summed E-state index contributed by atoms with van der Waals surface area (Å²) in [7, 11) is 1.55. The van der Waals surface area contributed by atoms with Crippen LogP contribution in [0.2, 0.25) is 15.1 Å². The minimum absolute atomic E-state index is 0.305. The van der Waals surface area contributed by atoms with Gasteiger partial charge in [-0.15, -0.1) is 21.5 Å². The zero-order valence-electron chi connectivity index (χ0n) is 16.4. The molecule has 0 fully saturated rings. The average Bonchev–Trinajstić information content (AvgIpc) is 3.34. The first-order valence-corrected chi connectivity index (χ1v) is 11.3. The SMILES string of the molecule is COc1ccc(-n2nc3ccc(NC(=O)c4sc5cc(Cl)ccc5c4Cl)cc3n2)cc1Cl. The van der Waals surface area contributed by atoms with Crippen molar-refractivity contribution in [3.05, 3.63) is 74.5 Å². The quantitative estimate of drug-likeness (QED) is 0.291. The van der Waals surface area contributed by atoms with Gasteiger partial charge >= 0.3 is 0 Å². The standard InChI is InChI=1S/C22H13Cl3N4O2S/c1-31-18-7-4-13(10-15(18)24)29-27-16-6-3-12(9-17(16)28-29)26-22(30)21-20(25)14-5-2-11(23)8-19(14)32-21/h2-10H,1H3,(H,26,30). The number of ether oxygens (including phenoxy) is 1. The minimum atomic E-state index is -0.305. The highest BCUT2D eigenvalue weighted by atomic mass is 35.5. The first kappa shape index (κ1) is 21.0. The van der Waals surface area contributed by atoms with E-state index in [2.05, 4.69) is 15.5 Å². The van der Waals surface area contributed by atoms with Crippen molar-refractivity contribution in [3.63, 3.8) is 0 Å². The van der Waals surface area contributed by atoms with Gasteiger partial charge in [-0.05, 0) is 48.5 Å². The maximum atomic E-state index is 12.9. The molecule has 0 saturated heterocycles. The summed E-state index contributed by atoms with van der Waals surface area (Å²) in [5.74, 6) is 0.264. The molecular formula is C22H13Cl3N4O2S. The summed E-state index contributed by atoms with van der Waals surface area (Å²) in [5, 5.41) is 14.1. The van der Waals surface area contributed by atoms with E-state index in [9.17, 15) is 4.79 Å². The Labute approximate surface area is 201 Å². The molecule has 160 valence electrons. The number of thiophene rings is 1. The van der Waals surface area contributed by atoms with Crippen molar-refractivity contribution in [2.75, 3.05) is 12.4 Å². The third kappa shape index (κ3) is 3.78. The number of carbonyl (C=O) groups is 1. The Morgan fingerprint density at radius 3 is 2.59 bits per heavy atom. The van der Waals surface area contributed by atoms with E-state index < -0.39 is 0 Å². The number of halogens is 3. The Hall–Kier alpha value is -2.84. The lowest BCUT2D eigenvalue weighted by molar-refractivity contribution is 0.103. The van der Waals surface area contributed by atoms with E-state index in [0.717, 1.165) is 10.1 Å². The molecule has 5 rings (SSSR count). The number of fused-ring (bicyclic) bond motifs is 2. The van der Waals surface area contributed by atoms with Gasteiger partial charge < -0.3 is 10.1 Å². The summed E-state index contributed by atoms with van der Waals surface area (Å²) in [5.41, 5.74) is 2.55. The zero-order valence-corrected chi connectivity index (χ0v) is 19.5. The van der Waals surface area contributed by atoms with Gasteiger partial charge in [0.1, 0.15) is 21.7 Å². The first-order valence-electron chi connectivity index (χ1n) is 9.33. The zero-order chi connectivity index (χ0) is 22.4. The summed E-state index contributed by atoms with van der Waals surface area (Å²) in [6, 6.07) is 15.9. The molecule has 2 aromatic heterocycles. The van der Waals surface area contributed by atoms with Crippen molar-refractivity contribution >= 4 is 78.9 Å². The third-order valence-electron chi connectivity index (χ3n) is 4.80. The van der Waals surface area contributed by atoms with Gasteiger partial charge in [0.2, 0.25) is 0 Å². The second-order valence-electron chi connectivity index (χ2n) is 6.85. The molecule has 0 radical (unpaired) electrons. The van der Waals surface area contributed by atoms with Gasteiger partial charge in [0.25, 0.3) is 5.91 Å². The summed E-state index contributed by atoms with van der Waals surface area (Å²) in [6.45, 7) is 0. The summed E-state index contributed by atoms with van der Waals surface area (Å²) >= 11 is 20.0. The Bertz CT molecular complexity index is 1510. The van der Waals surface area contributed by atoms with Gasteiger partial charge in [0.15, 0.2) is 0 Å². The highest BCUT2D eigenvalue weighted by molar-refractivity contribution is 7.21. The number of nitrogens with one attached hydrogen (secondary N) is 1. The van der Waals surface area contributed by atoms with E-state index in [1.54, 1.807) is 49.6 Å². The molecule has 0 saturated carbocycles. The second kappa shape index (κ2) is 8.26. The first-order chi connectivity index (χ1) is 15.4. The predicted molar refractivity (Wildman–Crippen MR) is 130 cm³/mol. The molecule has 10 heteroatoms. The van der Waals surface area contributed by atoms with Gasteiger partial charge in [-0.25, -0.2) is 0 Å². The lowest BCUT2D eigenvalue weighted by Crippen LogP contribution is -2.10. The molecule has 5 aromatic rings. The van der Waals surface area contributed by atoms with Crippen LogP contribution in [-0.2, 0) is 0 Å². The average molecular weight is 504 g/mol. The van der Waals surface area contributed by atoms with Crippen LogP contribution in [0.1, 0.15) is 9.67 Å². The van der Waals surface area contributed by atoms with Gasteiger partial charge in [0.05, 0.1) is 22.8 Å². The van der Waals surface area contributed by atoms with E-state index in [-0.39, 0.29) is 5.91 Å². The third-order valence-corrected chi connectivity index (χ3v) is 6.99. The lowest BCUT2D eigenvalue weighted by atomic mass is 10.2. The van der Waals surface area contributed by atoms with E-state index in [0.29, 0.717) is 48.1 Å². The fraction of sp³-hybridized carbons (Fsp3) is 0.0455. The smallest absolute Gasteiger partial charge is 0.267 e. The molecule has 0 spiro atoms. The Balaban J connectivity index is 1.43. The monoisotopic (exact) mass is 502 g/mol. The van der Waals surface area contributed by atoms with Crippen molar-refractivity contribution < 1.29 is 9.53 Å². The van der Waals surface area contributed by atoms with Crippen LogP contribution in [0.4, 0.5) is 5.69 Å². The molecule has 1 amide bonds. The number of methoxy groups -OCH3 is 1. The Kier molecular flexibility index (Phi) is 5.43. The van der Waals surface area contributed by atoms with Crippen molar-refractivity contribution in [1.82, 2.24) is 15.0 Å². The van der Waals surface area contributed by atoms with Gasteiger partial charge in [0, 0.05) is 20.8 Å². The predicted octanol–water partition coefficient (Wildman–Crippen LogP) is 6.86. The number of amides is 1. The Morgan fingerprint density at radius 1 is 1.00 bits per heavy atom. The molecule has 0 unspecified atom stereocenters. The van der Waals surface area contributed by atoms with E-state index in [1.807, 2.05) is 12.1 Å². The molecule has 0 bridgehead atoms. The van der Waals surface area contributed by atoms with Gasteiger partial charge in [-0.1, -0.05) is 40.9 Å². The number of hydrogen-bond acceptors (Lipinski definition) is 5. The van der Waals surface area contributed by atoms with Crippen LogP contribution in [0.3, 0.4) is 0 Å². The number of nitrogens with zero attached hydrogens (tertiary/aromatic N) is 3. The molecular weight excluding hydrogens is 491 g/mol. The fourth-order valence-corrected chi connectivity index (χ4v) is 5.20. The van der Waals surface area contributed by atoms with Crippen LogP contribution in [0, 0.1) is 0 Å². The van der Waals surface area contributed by atoms with Crippen LogP contribution in [-0.4, -0.2) is 28.0 Å². The fourth-order valence-electron chi connectivity index (χ4n) is 3.26. The normalized spacial score (nSPS) is 11.2. The minimum Gasteiger partial charge on any atom is -0.495 e. The molecule has 0 atom stereocenters. The molecule has 3 aromatic carbocycles. The molecule has 0 aliphatic carbocycles. The lowest BCUT2D eigenvalue weighted by Gasteiger charge is -2.04. The van der Waals surface area contributed by atoms with E-state index in [1.165, 1.54) is 16.1 Å². The molecule has 2 heterocycles. The van der Waals surface area contributed by atoms with E-state index in [4.69, 9.17) is 39.5 Å². The topological polar surface area (TPSA) is 69.0 Å². The van der Waals surface area contributed by atoms with Crippen LogP contribution >= 0.6 is 46.1 Å². The van der Waals surface area contributed by atoms with Gasteiger partial charge in [-0.2, -0.15) is 4.80 Å². The van der Waals surface area contributed by atoms with Crippen LogP contribution < -0.4 is 10.1 Å². The number of aromatic nitrogens is 3. The van der Waals surface area contributed by atoms with Gasteiger partial charge in [-0.3, -0.25) is 4.79 Å². The summed E-state index contributed by atoms with van der Waals surface area (Å²) < 4.78 is 6.03. The van der Waals surface area contributed by atoms with Crippen LogP contribution in [0.5, 0.6) is 5.75 Å².